The summed E-state index contributed by atoms with van der Waals surface area (Å²) < 4.78 is 79.2. The van der Waals surface area contributed by atoms with Gasteiger partial charge in [-0.2, -0.15) is 17.5 Å². The number of benzene rings is 1. The first kappa shape index (κ1) is 25.2. The second-order valence-corrected chi connectivity index (χ2v) is 10.9. The molecule has 3 aromatic rings. The average molecular weight is 536 g/mol. The number of nitrogens with one attached hydrogen (secondary N) is 1. The van der Waals surface area contributed by atoms with Crippen molar-refractivity contribution in [3.63, 3.8) is 0 Å². The van der Waals surface area contributed by atoms with Crippen LogP contribution in [0.1, 0.15) is 24.2 Å². The van der Waals surface area contributed by atoms with E-state index in [0.29, 0.717) is 11.3 Å². The molecular weight excluding hydrogens is 514 g/mol. The van der Waals surface area contributed by atoms with E-state index in [1.807, 2.05) is 0 Å². The number of amides is 1. The molecule has 1 amide bonds. The fraction of sp³-hybridized carbons (Fsp3) is 0.333. The lowest BCUT2D eigenvalue weighted by atomic mass is 9.73. The van der Waals surface area contributed by atoms with Crippen molar-refractivity contribution in [1.29, 1.82) is 0 Å². The standard InChI is InChI=1S/C24H21F4N5O3S/c25-17-2-4-18(5-3-17)37(35,36)33-13-15-1-6-19(15)21(33)22(34)30-10-14-7-8-29-20(9-14)16-11-31-23(32-12-16)24(26,27)28/h2-5,7-9,11-12,15,19,21H,1,6,10,13H2,(H,30,34). The molecule has 0 radical (unpaired) electrons. The minimum absolute atomic E-state index is 0.0498. The highest BCUT2D eigenvalue weighted by molar-refractivity contribution is 7.89. The monoisotopic (exact) mass is 535 g/mol. The zero-order valence-electron chi connectivity index (χ0n) is 19.2. The molecule has 8 nitrogen and oxygen atoms in total. The number of carbonyl (C=O) groups excluding carboxylic acids is 1. The molecule has 5 rings (SSSR count). The maximum Gasteiger partial charge on any atom is 0.451 e. The van der Waals surface area contributed by atoms with E-state index in [0.717, 1.165) is 37.4 Å². The third-order valence-electron chi connectivity index (χ3n) is 6.79. The zero-order chi connectivity index (χ0) is 26.4. The summed E-state index contributed by atoms with van der Waals surface area (Å²) in [7, 11) is -4.01. The highest BCUT2D eigenvalue weighted by Crippen LogP contribution is 2.46. The first-order valence-corrected chi connectivity index (χ1v) is 12.9. The van der Waals surface area contributed by atoms with Gasteiger partial charge in [0.1, 0.15) is 11.9 Å². The molecule has 1 saturated heterocycles. The average Bonchev–Trinajstić information content (AvgIpc) is 3.13. The Bertz CT molecular complexity index is 1420. The van der Waals surface area contributed by atoms with Gasteiger partial charge in [0, 0.05) is 37.2 Å². The van der Waals surface area contributed by atoms with Crippen molar-refractivity contribution in [3.05, 3.63) is 72.2 Å². The first-order valence-electron chi connectivity index (χ1n) is 11.4. The summed E-state index contributed by atoms with van der Waals surface area (Å²) in [4.78, 5) is 23.9. The van der Waals surface area contributed by atoms with E-state index < -0.39 is 39.8 Å². The number of pyridine rings is 1. The predicted octanol–water partition coefficient (Wildman–Crippen LogP) is 3.41. The predicted molar refractivity (Wildman–Crippen MR) is 122 cm³/mol. The van der Waals surface area contributed by atoms with Crippen molar-refractivity contribution in [2.75, 3.05) is 6.54 Å². The quantitative estimate of drug-likeness (QED) is 0.485. The molecular formula is C24H21F4N5O3S. The number of halogens is 4. The van der Waals surface area contributed by atoms with Gasteiger partial charge in [-0.05, 0) is 66.6 Å². The largest absolute Gasteiger partial charge is 0.451 e. The van der Waals surface area contributed by atoms with Gasteiger partial charge >= 0.3 is 6.18 Å². The number of sulfonamides is 1. The van der Waals surface area contributed by atoms with Gasteiger partial charge in [-0.1, -0.05) is 0 Å². The molecule has 1 saturated carbocycles. The molecule has 3 atom stereocenters. The Morgan fingerprint density at radius 1 is 1.05 bits per heavy atom. The number of hydrogen-bond acceptors (Lipinski definition) is 6. The fourth-order valence-corrected chi connectivity index (χ4v) is 6.44. The lowest BCUT2D eigenvalue weighted by Gasteiger charge is -2.32. The van der Waals surface area contributed by atoms with Crippen LogP contribution < -0.4 is 5.32 Å². The van der Waals surface area contributed by atoms with Crippen molar-refractivity contribution in [2.45, 2.75) is 36.5 Å². The Morgan fingerprint density at radius 3 is 2.38 bits per heavy atom. The van der Waals surface area contributed by atoms with E-state index in [2.05, 4.69) is 20.3 Å². The molecule has 1 aromatic carbocycles. The van der Waals surface area contributed by atoms with E-state index in [4.69, 9.17) is 0 Å². The Hall–Kier alpha value is -3.45. The maximum absolute atomic E-state index is 13.3. The zero-order valence-corrected chi connectivity index (χ0v) is 20.0. The molecule has 194 valence electrons. The number of alkyl halides is 3. The van der Waals surface area contributed by atoms with E-state index >= 15 is 0 Å². The van der Waals surface area contributed by atoms with Crippen molar-refractivity contribution >= 4 is 15.9 Å². The van der Waals surface area contributed by atoms with Crippen LogP contribution in [-0.2, 0) is 27.5 Å². The van der Waals surface area contributed by atoms with Gasteiger partial charge in [-0.25, -0.2) is 22.8 Å². The summed E-state index contributed by atoms with van der Waals surface area (Å²) in [5, 5.41) is 2.78. The van der Waals surface area contributed by atoms with Crippen molar-refractivity contribution in [3.8, 4) is 11.3 Å². The Morgan fingerprint density at radius 2 is 1.76 bits per heavy atom. The Labute approximate surface area is 209 Å². The van der Waals surface area contributed by atoms with Crippen LogP contribution in [0.5, 0.6) is 0 Å². The molecule has 0 bridgehead atoms. The molecule has 1 aliphatic carbocycles. The van der Waals surface area contributed by atoms with Gasteiger partial charge in [0.05, 0.1) is 10.6 Å². The molecule has 3 heterocycles. The summed E-state index contributed by atoms with van der Waals surface area (Å²) in [6.07, 6.45) is 0.382. The third kappa shape index (κ3) is 4.92. The minimum Gasteiger partial charge on any atom is -0.351 e. The van der Waals surface area contributed by atoms with Gasteiger partial charge < -0.3 is 5.32 Å². The van der Waals surface area contributed by atoms with Crippen LogP contribution in [0.3, 0.4) is 0 Å². The van der Waals surface area contributed by atoms with Gasteiger partial charge in [0.15, 0.2) is 0 Å². The second kappa shape index (κ2) is 9.45. The normalized spacial score (nSPS) is 21.8. The van der Waals surface area contributed by atoms with E-state index in [1.165, 1.54) is 22.6 Å². The van der Waals surface area contributed by atoms with Gasteiger partial charge in [0.25, 0.3) is 0 Å². The topological polar surface area (TPSA) is 105 Å². The Balaban J connectivity index is 1.31. The second-order valence-electron chi connectivity index (χ2n) is 9.04. The highest BCUT2D eigenvalue weighted by atomic mass is 32.2. The summed E-state index contributed by atoms with van der Waals surface area (Å²) in [5.74, 6) is -2.29. The van der Waals surface area contributed by atoms with Crippen LogP contribution >= 0.6 is 0 Å². The van der Waals surface area contributed by atoms with E-state index in [-0.39, 0.29) is 35.4 Å². The Kier molecular flexibility index (Phi) is 6.44. The number of nitrogens with zero attached hydrogens (tertiary/aromatic N) is 4. The minimum atomic E-state index is -4.66. The smallest absolute Gasteiger partial charge is 0.351 e. The molecule has 37 heavy (non-hydrogen) atoms. The van der Waals surface area contributed by atoms with Crippen molar-refractivity contribution in [1.82, 2.24) is 24.6 Å². The van der Waals surface area contributed by atoms with Gasteiger partial charge in [0.2, 0.25) is 21.8 Å². The number of rotatable bonds is 6. The molecule has 0 spiro atoms. The summed E-state index contributed by atoms with van der Waals surface area (Å²) in [5.41, 5.74) is 1.20. The molecule has 3 unspecified atom stereocenters. The maximum atomic E-state index is 13.3. The van der Waals surface area contributed by atoms with Crippen LogP contribution in [0.4, 0.5) is 17.6 Å². The number of carbonyl (C=O) groups is 1. The van der Waals surface area contributed by atoms with Crippen molar-refractivity contribution in [2.24, 2.45) is 11.8 Å². The lowest BCUT2D eigenvalue weighted by molar-refractivity contribution is -0.145. The van der Waals surface area contributed by atoms with Crippen LogP contribution in [0.2, 0.25) is 0 Å². The summed E-state index contributed by atoms with van der Waals surface area (Å²) in [6, 6.07) is 6.82. The number of aromatic nitrogens is 3. The summed E-state index contributed by atoms with van der Waals surface area (Å²) >= 11 is 0. The van der Waals surface area contributed by atoms with E-state index in [9.17, 15) is 30.8 Å². The molecule has 1 aliphatic heterocycles. The van der Waals surface area contributed by atoms with Crippen LogP contribution in [0, 0.1) is 17.7 Å². The molecule has 2 aromatic heterocycles. The number of hydrogen-bond donors (Lipinski definition) is 1. The van der Waals surface area contributed by atoms with Crippen LogP contribution in [-0.4, -0.2) is 46.2 Å². The van der Waals surface area contributed by atoms with E-state index in [1.54, 1.807) is 12.1 Å². The first-order chi connectivity index (χ1) is 17.5. The summed E-state index contributed by atoms with van der Waals surface area (Å²) in [6.45, 7) is 0.268. The fourth-order valence-electron chi connectivity index (χ4n) is 4.75. The molecule has 13 heteroatoms. The lowest BCUT2D eigenvalue weighted by Crippen LogP contribution is -2.49. The molecule has 1 N–H and O–H groups in total. The van der Waals surface area contributed by atoms with Crippen LogP contribution in [0.15, 0.2) is 59.9 Å². The molecule has 2 aliphatic rings. The van der Waals surface area contributed by atoms with Crippen molar-refractivity contribution < 1.29 is 30.8 Å². The SMILES string of the molecule is O=C(NCc1ccnc(-c2cnc(C(F)(F)F)nc2)c1)C1C2CCC2CN1S(=O)(=O)c1ccc(F)cc1. The third-order valence-corrected chi connectivity index (χ3v) is 8.65. The van der Waals surface area contributed by atoms with Crippen LogP contribution in [0.25, 0.3) is 11.3 Å². The van der Waals surface area contributed by atoms with Gasteiger partial charge in [-0.15, -0.1) is 0 Å². The number of fused-ring (bicyclic) bond motifs is 1. The highest BCUT2D eigenvalue weighted by Gasteiger charge is 2.54. The van der Waals surface area contributed by atoms with Gasteiger partial charge in [-0.3, -0.25) is 9.78 Å². The molecule has 2 fully saturated rings.